The summed E-state index contributed by atoms with van der Waals surface area (Å²) in [6.45, 7) is -0.0752. The van der Waals surface area contributed by atoms with Gasteiger partial charge < -0.3 is 24.9 Å². The summed E-state index contributed by atoms with van der Waals surface area (Å²) >= 11 is 0. The van der Waals surface area contributed by atoms with Crippen molar-refractivity contribution >= 4 is 7.82 Å². The Hall–Kier alpha value is -1.44. The molecule has 1 unspecified atom stereocenters. The second kappa shape index (κ2) is 8.06. The van der Waals surface area contributed by atoms with Gasteiger partial charge in [-0.25, -0.2) is 9.36 Å². The molecule has 148 valence electrons. The molecule has 6 atom stereocenters. The molecule has 1 aromatic heterocycles. The van der Waals surface area contributed by atoms with Gasteiger partial charge in [-0.3, -0.25) is 23.4 Å². The monoisotopic (exact) mass is 400 g/mol. The average molecular weight is 400 g/mol. The Balaban J connectivity index is 2.16. The van der Waals surface area contributed by atoms with E-state index in [0.717, 1.165) is 0 Å². The number of phosphoric acid groups is 1. The van der Waals surface area contributed by atoms with Gasteiger partial charge >= 0.3 is 13.5 Å². The van der Waals surface area contributed by atoms with Crippen molar-refractivity contribution in [3.63, 3.8) is 0 Å². The van der Waals surface area contributed by atoms with Crippen molar-refractivity contribution in [2.45, 2.75) is 37.6 Å². The molecule has 1 aliphatic heterocycles. The number of aromatic nitrogens is 2. The van der Waals surface area contributed by atoms with Crippen LogP contribution in [-0.4, -0.2) is 67.4 Å². The molecule has 0 spiro atoms. The van der Waals surface area contributed by atoms with Gasteiger partial charge in [0.05, 0.1) is 25.5 Å². The third kappa shape index (κ3) is 4.64. The van der Waals surface area contributed by atoms with Crippen LogP contribution >= 0.6 is 7.82 Å². The van der Waals surface area contributed by atoms with Crippen LogP contribution < -0.4 is 11.2 Å². The van der Waals surface area contributed by atoms with Crippen LogP contribution in [0.3, 0.4) is 0 Å². The normalized spacial score (nSPS) is 29.5. The maximum Gasteiger partial charge on any atom is 0.472 e. The number of aliphatic hydroxyl groups is 3. The molecular weight excluding hydrogens is 382 g/mol. The van der Waals surface area contributed by atoms with E-state index in [0.29, 0.717) is 10.8 Å². The van der Waals surface area contributed by atoms with Gasteiger partial charge in [0.15, 0.2) is 6.23 Å². The van der Waals surface area contributed by atoms with Gasteiger partial charge in [-0.1, -0.05) is 0 Å². The van der Waals surface area contributed by atoms with Gasteiger partial charge in [0.25, 0.3) is 5.56 Å². The van der Waals surface area contributed by atoms with Crippen LogP contribution in [0.15, 0.2) is 15.8 Å². The number of halogens is 1. The van der Waals surface area contributed by atoms with Gasteiger partial charge in [-0.05, 0) is 6.92 Å². The highest BCUT2D eigenvalue weighted by Gasteiger charge is 2.47. The summed E-state index contributed by atoms with van der Waals surface area (Å²) in [5.41, 5.74) is -2.32. The molecule has 12 nitrogen and oxygen atoms in total. The fraction of sp³-hybridized carbons (Fsp3) is 0.667. The minimum absolute atomic E-state index is 0.525. The van der Waals surface area contributed by atoms with E-state index in [1.165, 1.54) is 6.92 Å². The summed E-state index contributed by atoms with van der Waals surface area (Å²) in [6, 6.07) is 0. The predicted molar refractivity (Wildman–Crippen MR) is 80.6 cm³/mol. The van der Waals surface area contributed by atoms with Crippen LogP contribution in [0, 0.1) is 5.82 Å². The summed E-state index contributed by atoms with van der Waals surface area (Å²) in [5, 5.41) is 28.0. The molecule has 5 N–H and O–H groups in total. The van der Waals surface area contributed by atoms with Crippen LogP contribution in [0.1, 0.15) is 13.2 Å². The first-order chi connectivity index (χ1) is 12.1. The summed E-state index contributed by atoms with van der Waals surface area (Å²) in [5.74, 6) is -1.30. The fourth-order valence-corrected chi connectivity index (χ4v) is 3.29. The molecule has 26 heavy (non-hydrogen) atoms. The van der Waals surface area contributed by atoms with Crippen molar-refractivity contribution in [2.24, 2.45) is 0 Å². The molecule has 2 heterocycles. The Labute approximate surface area is 145 Å². The number of H-pyrrole nitrogens is 1. The average Bonchev–Trinajstić information content (AvgIpc) is 2.83. The lowest BCUT2D eigenvalue weighted by atomic mass is 10.1. The maximum absolute atomic E-state index is 13.4. The molecule has 1 fully saturated rings. The van der Waals surface area contributed by atoms with Crippen molar-refractivity contribution in [3.05, 3.63) is 32.9 Å². The smallest absolute Gasteiger partial charge is 0.394 e. The number of hydrogen-bond donors (Lipinski definition) is 5. The highest BCUT2D eigenvalue weighted by molar-refractivity contribution is 7.47. The van der Waals surface area contributed by atoms with Gasteiger partial charge in [0.2, 0.25) is 5.82 Å². The Morgan fingerprint density at radius 2 is 2.15 bits per heavy atom. The van der Waals surface area contributed by atoms with Crippen LogP contribution in [0.2, 0.25) is 0 Å². The second-order valence-corrected chi connectivity index (χ2v) is 6.94. The third-order valence-corrected chi connectivity index (χ3v) is 4.52. The SMILES string of the molecule is C[C@H]1O[C@@H](n2cc(F)c(=O)[nH]c2=O)[C@H](O)[C@@H]1OP(=O)(O)OC[C@H](O)CO. The first-order valence-electron chi connectivity index (χ1n) is 7.35. The maximum atomic E-state index is 13.4. The summed E-state index contributed by atoms with van der Waals surface area (Å²) in [7, 11) is -4.76. The van der Waals surface area contributed by atoms with Gasteiger partial charge in [-0.2, -0.15) is 4.39 Å². The zero-order chi connectivity index (χ0) is 19.6. The van der Waals surface area contributed by atoms with Crippen molar-refractivity contribution in [3.8, 4) is 0 Å². The van der Waals surface area contributed by atoms with E-state index in [1.54, 1.807) is 4.98 Å². The summed E-state index contributed by atoms with van der Waals surface area (Å²) < 4.78 is 40.4. The van der Waals surface area contributed by atoms with Crippen molar-refractivity contribution < 1.29 is 43.0 Å². The Morgan fingerprint density at radius 3 is 2.77 bits per heavy atom. The molecular formula is C12H18FN2O10P. The zero-order valence-electron chi connectivity index (χ0n) is 13.4. The number of phosphoric ester groups is 1. The minimum Gasteiger partial charge on any atom is -0.394 e. The van der Waals surface area contributed by atoms with Crippen LogP contribution in [0.25, 0.3) is 0 Å². The predicted octanol–water partition coefficient (Wildman–Crippen LogP) is -2.19. The molecule has 0 saturated carbocycles. The van der Waals surface area contributed by atoms with Crippen molar-refractivity contribution in [2.75, 3.05) is 13.2 Å². The lowest BCUT2D eigenvalue weighted by Gasteiger charge is -2.22. The molecule has 0 bridgehead atoms. The van der Waals surface area contributed by atoms with Crippen LogP contribution in [0.4, 0.5) is 4.39 Å². The van der Waals surface area contributed by atoms with E-state index in [2.05, 4.69) is 4.52 Å². The fourth-order valence-electron chi connectivity index (χ4n) is 2.26. The van der Waals surface area contributed by atoms with Crippen molar-refractivity contribution in [1.29, 1.82) is 0 Å². The van der Waals surface area contributed by atoms with E-state index in [1.807, 2.05) is 0 Å². The highest BCUT2D eigenvalue weighted by atomic mass is 31.2. The van der Waals surface area contributed by atoms with E-state index in [9.17, 15) is 28.5 Å². The quantitative estimate of drug-likeness (QED) is 0.315. The summed E-state index contributed by atoms with van der Waals surface area (Å²) in [4.78, 5) is 34.1. The number of aliphatic hydroxyl groups excluding tert-OH is 3. The molecule has 2 rings (SSSR count). The zero-order valence-corrected chi connectivity index (χ0v) is 14.3. The molecule has 1 aromatic rings. The number of hydrogen-bond acceptors (Lipinski definition) is 9. The Morgan fingerprint density at radius 1 is 1.50 bits per heavy atom. The minimum atomic E-state index is -4.76. The molecule has 0 aliphatic carbocycles. The number of nitrogens with one attached hydrogen (secondary N) is 1. The van der Waals surface area contributed by atoms with Gasteiger partial charge in [0, 0.05) is 0 Å². The lowest BCUT2D eigenvalue weighted by molar-refractivity contribution is -0.0357. The molecule has 1 aliphatic rings. The lowest BCUT2D eigenvalue weighted by Crippen LogP contribution is -2.39. The molecule has 1 saturated heterocycles. The van der Waals surface area contributed by atoms with Gasteiger partial charge in [-0.15, -0.1) is 0 Å². The van der Waals surface area contributed by atoms with E-state index >= 15 is 0 Å². The standard InChI is InChI=1S/C12H18FN2O10P/c1-5-9(25-26(21,22)23-4-6(17)3-16)8(18)11(24-5)15-2-7(13)10(19)14-12(15)20/h2,5-6,8-9,11,16-18H,3-4H2,1H3,(H,21,22)(H,14,19,20)/t5-,6-,8-,9-,11-/m1/s1. The third-order valence-electron chi connectivity index (χ3n) is 3.54. The summed E-state index contributed by atoms with van der Waals surface area (Å²) in [6.07, 6.45) is -6.57. The van der Waals surface area contributed by atoms with E-state index in [4.69, 9.17) is 19.5 Å². The van der Waals surface area contributed by atoms with Crippen LogP contribution in [-0.2, 0) is 18.3 Å². The van der Waals surface area contributed by atoms with E-state index < -0.39 is 68.7 Å². The number of nitrogens with zero attached hydrogens (tertiary/aromatic N) is 1. The Kier molecular flexibility index (Phi) is 6.47. The Bertz CT molecular complexity index is 797. The first-order valence-corrected chi connectivity index (χ1v) is 8.84. The molecule has 14 heteroatoms. The number of ether oxygens (including phenoxy) is 1. The number of aromatic amines is 1. The van der Waals surface area contributed by atoms with E-state index in [-0.39, 0.29) is 0 Å². The van der Waals surface area contributed by atoms with Gasteiger partial charge in [0.1, 0.15) is 18.3 Å². The second-order valence-electron chi connectivity index (χ2n) is 5.54. The highest BCUT2D eigenvalue weighted by Crippen LogP contribution is 2.48. The molecule has 0 aromatic carbocycles. The molecule has 0 radical (unpaired) electrons. The topological polar surface area (TPSA) is 181 Å². The first kappa shape index (κ1) is 20.9. The largest absolute Gasteiger partial charge is 0.472 e. The van der Waals surface area contributed by atoms with Crippen molar-refractivity contribution in [1.82, 2.24) is 9.55 Å². The molecule has 0 amide bonds. The van der Waals surface area contributed by atoms with Crippen LogP contribution in [0.5, 0.6) is 0 Å². The number of rotatable bonds is 7.